The van der Waals surface area contributed by atoms with Crippen molar-refractivity contribution in [1.82, 2.24) is 15.2 Å². The maximum Gasteiger partial charge on any atom is 0.256 e. The first-order valence-electron chi connectivity index (χ1n) is 12.1. The number of carbonyl (C=O) groups is 2. The molecular weight excluding hydrogens is 412 g/mol. The van der Waals surface area contributed by atoms with Crippen LogP contribution >= 0.6 is 0 Å². The molecule has 2 amide bonds. The first kappa shape index (κ1) is 24.8. The fourth-order valence-electron chi connectivity index (χ4n) is 4.49. The summed E-state index contributed by atoms with van der Waals surface area (Å²) in [5.41, 5.74) is 6.71. The number of amides is 2. The molecule has 0 spiro atoms. The normalized spacial score (nSPS) is 13.9. The molecule has 1 aromatic carbocycles. The molecule has 0 bridgehead atoms. The minimum atomic E-state index is -0.0803. The summed E-state index contributed by atoms with van der Waals surface area (Å²) in [6.45, 7) is 6.00. The molecule has 0 saturated carbocycles. The molecule has 6 nitrogen and oxygen atoms in total. The van der Waals surface area contributed by atoms with Crippen LogP contribution < -0.4 is 10.6 Å². The molecule has 2 heterocycles. The van der Waals surface area contributed by atoms with Crippen LogP contribution in [0, 0.1) is 13.8 Å². The predicted molar refractivity (Wildman–Crippen MR) is 136 cm³/mol. The van der Waals surface area contributed by atoms with Gasteiger partial charge in [0, 0.05) is 42.7 Å². The molecule has 178 valence electrons. The van der Waals surface area contributed by atoms with E-state index in [0.29, 0.717) is 18.4 Å². The number of aryl methyl sites for hydroxylation is 1. The Morgan fingerprint density at radius 3 is 2.61 bits per heavy atom. The van der Waals surface area contributed by atoms with Crippen molar-refractivity contribution in [1.29, 1.82) is 0 Å². The number of hydrogen-bond donors (Lipinski definition) is 3. The van der Waals surface area contributed by atoms with Gasteiger partial charge in [0.15, 0.2) is 0 Å². The van der Waals surface area contributed by atoms with Crippen LogP contribution in [0.4, 0.5) is 5.69 Å². The molecule has 1 aliphatic rings. The number of anilines is 1. The third-order valence-electron chi connectivity index (χ3n) is 6.57. The standard InChI is InChI=1S/C27H38N4O2/c1-19-21(14-15-26(32)31(4)17-11-7-5-6-10-16-28-3)20(2)29-25(19)18-23-22-12-8-9-13-24(22)30-27(23)33/h8-9,12-13,18,28-29H,5-7,10-11,14-17H2,1-4H3,(H,30,33). The Hall–Kier alpha value is -2.86. The minimum Gasteiger partial charge on any atom is -0.359 e. The highest BCUT2D eigenvalue weighted by Crippen LogP contribution is 2.33. The molecule has 6 heteroatoms. The zero-order valence-corrected chi connectivity index (χ0v) is 20.5. The Kier molecular flexibility index (Phi) is 8.89. The lowest BCUT2D eigenvalue weighted by molar-refractivity contribution is -0.129. The number of H-pyrrole nitrogens is 1. The van der Waals surface area contributed by atoms with E-state index in [1.165, 1.54) is 31.2 Å². The van der Waals surface area contributed by atoms with Gasteiger partial charge in [-0.25, -0.2) is 0 Å². The van der Waals surface area contributed by atoms with E-state index in [-0.39, 0.29) is 11.8 Å². The van der Waals surface area contributed by atoms with E-state index >= 15 is 0 Å². The topological polar surface area (TPSA) is 77.2 Å². The van der Waals surface area contributed by atoms with Crippen LogP contribution in [0.3, 0.4) is 0 Å². The van der Waals surface area contributed by atoms with Crippen molar-refractivity contribution < 1.29 is 9.59 Å². The van der Waals surface area contributed by atoms with Crippen molar-refractivity contribution in [2.45, 2.75) is 58.8 Å². The van der Waals surface area contributed by atoms with Gasteiger partial charge in [-0.3, -0.25) is 9.59 Å². The summed E-state index contributed by atoms with van der Waals surface area (Å²) in [4.78, 5) is 30.4. The third kappa shape index (κ3) is 6.35. The zero-order chi connectivity index (χ0) is 23.8. The van der Waals surface area contributed by atoms with Gasteiger partial charge in [-0.05, 0) is 70.0 Å². The number of para-hydroxylation sites is 1. The first-order chi connectivity index (χ1) is 15.9. The second-order valence-corrected chi connectivity index (χ2v) is 9.01. The SMILES string of the molecule is CNCCCCCCCN(C)C(=O)CCc1c(C)[nH]c(C=C2C(=O)Nc3ccccc32)c1C. The maximum atomic E-state index is 12.7. The van der Waals surface area contributed by atoms with Crippen LogP contribution in [-0.2, 0) is 16.0 Å². The molecule has 3 rings (SSSR count). The molecule has 0 aliphatic carbocycles. The number of rotatable bonds is 12. The average Bonchev–Trinajstić information content (AvgIpc) is 3.26. The molecule has 33 heavy (non-hydrogen) atoms. The molecule has 0 fully saturated rings. The number of carbonyl (C=O) groups excluding carboxylic acids is 2. The van der Waals surface area contributed by atoms with Crippen molar-refractivity contribution >= 4 is 29.2 Å². The maximum absolute atomic E-state index is 12.7. The van der Waals surface area contributed by atoms with Gasteiger partial charge in [0.2, 0.25) is 5.91 Å². The number of fused-ring (bicyclic) bond motifs is 1. The molecule has 0 saturated heterocycles. The van der Waals surface area contributed by atoms with Crippen molar-refractivity contribution in [3.8, 4) is 0 Å². The Morgan fingerprint density at radius 1 is 1.09 bits per heavy atom. The highest BCUT2D eigenvalue weighted by molar-refractivity contribution is 6.34. The first-order valence-corrected chi connectivity index (χ1v) is 12.1. The van der Waals surface area contributed by atoms with Crippen LogP contribution in [0.2, 0.25) is 0 Å². The van der Waals surface area contributed by atoms with E-state index in [2.05, 4.69) is 22.5 Å². The van der Waals surface area contributed by atoms with Crippen LogP contribution in [0.15, 0.2) is 24.3 Å². The predicted octanol–water partition coefficient (Wildman–Crippen LogP) is 4.69. The lowest BCUT2D eigenvalue weighted by Crippen LogP contribution is -2.28. The Morgan fingerprint density at radius 2 is 1.82 bits per heavy atom. The quantitative estimate of drug-likeness (QED) is 0.324. The second-order valence-electron chi connectivity index (χ2n) is 9.01. The Labute approximate surface area is 197 Å². The number of hydrogen-bond acceptors (Lipinski definition) is 3. The summed E-state index contributed by atoms with van der Waals surface area (Å²) < 4.78 is 0. The third-order valence-corrected chi connectivity index (χ3v) is 6.57. The summed E-state index contributed by atoms with van der Waals surface area (Å²) >= 11 is 0. The molecule has 2 aromatic rings. The van der Waals surface area contributed by atoms with Crippen LogP contribution in [-0.4, -0.2) is 48.9 Å². The van der Waals surface area contributed by atoms with E-state index in [1.807, 2.05) is 56.3 Å². The van der Waals surface area contributed by atoms with E-state index in [4.69, 9.17) is 0 Å². The zero-order valence-electron chi connectivity index (χ0n) is 20.5. The molecule has 0 unspecified atom stereocenters. The number of nitrogens with one attached hydrogen (secondary N) is 3. The monoisotopic (exact) mass is 450 g/mol. The highest BCUT2D eigenvalue weighted by atomic mass is 16.2. The van der Waals surface area contributed by atoms with E-state index < -0.39 is 0 Å². The highest BCUT2D eigenvalue weighted by Gasteiger charge is 2.24. The summed E-state index contributed by atoms with van der Waals surface area (Å²) in [7, 11) is 3.90. The van der Waals surface area contributed by atoms with Gasteiger partial charge in [-0.2, -0.15) is 0 Å². The Bertz CT molecular complexity index is 1010. The summed E-state index contributed by atoms with van der Waals surface area (Å²) in [6.07, 6.45) is 9.05. The second kappa shape index (κ2) is 11.8. The van der Waals surface area contributed by atoms with Crippen molar-refractivity contribution in [3.63, 3.8) is 0 Å². The van der Waals surface area contributed by atoms with E-state index in [1.54, 1.807) is 0 Å². The van der Waals surface area contributed by atoms with Crippen molar-refractivity contribution in [3.05, 3.63) is 52.3 Å². The van der Waals surface area contributed by atoms with Crippen LogP contribution in [0.5, 0.6) is 0 Å². The van der Waals surface area contributed by atoms with Crippen molar-refractivity contribution in [2.75, 3.05) is 32.5 Å². The molecule has 1 aromatic heterocycles. The number of nitrogens with zero attached hydrogens (tertiary/aromatic N) is 1. The van der Waals surface area contributed by atoms with Gasteiger partial charge < -0.3 is 20.5 Å². The van der Waals surface area contributed by atoms with Crippen LogP contribution in [0.25, 0.3) is 11.6 Å². The van der Waals surface area contributed by atoms with Gasteiger partial charge in [-0.1, -0.05) is 37.5 Å². The fraction of sp³-hybridized carbons (Fsp3) is 0.481. The van der Waals surface area contributed by atoms with Gasteiger partial charge >= 0.3 is 0 Å². The molecule has 0 atom stereocenters. The number of unbranched alkanes of at least 4 members (excludes halogenated alkanes) is 4. The lowest BCUT2D eigenvalue weighted by atomic mass is 10.0. The number of benzene rings is 1. The molecular formula is C27H38N4O2. The molecule has 0 radical (unpaired) electrons. The average molecular weight is 451 g/mol. The number of aromatic nitrogens is 1. The summed E-state index contributed by atoms with van der Waals surface area (Å²) in [6, 6.07) is 7.74. The summed E-state index contributed by atoms with van der Waals surface area (Å²) in [5.74, 6) is 0.109. The van der Waals surface area contributed by atoms with Gasteiger partial charge in [0.05, 0.1) is 5.57 Å². The fourth-order valence-corrected chi connectivity index (χ4v) is 4.49. The van der Waals surface area contributed by atoms with Crippen LogP contribution in [0.1, 0.15) is 66.6 Å². The van der Waals surface area contributed by atoms with E-state index in [9.17, 15) is 9.59 Å². The summed E-state index contributed by atoms with van der Waals surface area (Å²) in [5, 5.41) is 6.10. The smallest absolute Gasteiger partial charge is 0.256 e. The molecule has 1 aliphatic heterocycles. The minimum absolute atomic E-state index is 0.0803. The largest absolute Gasteiger partial charge is 0.359 e. The van der Waals surface area contributed by atoms with Gasteiger partial charge in [-0.15, -0.1) is 0 Å². The van der Waals surface area contributed by atoms with Crippen molar-refractivity contribution in [2.24, 2.45) is 0 Å². The van der Waals surface area contributed by atoms with E-state index in [0.717, 1.165) is 47.7 Å². The Balaban J connectivity index is 1.54. The van der Waals surface area contributed by atoms with Gasteiger partial charge in [0.25, 0.3) is 5.91 Å². The van der Waals surface area contributed by atoms with Gasteiger partial charge in [0.1, 0.15) is 0 Å². The number of aromatic amines is 1. The lowest BCUT2D eigenvalue weighted by Gasteiger charge is -2.17. The molecule has 3 N–H and O–H groups in total.